The summed E-state index contributed by atoms with van der Waals surface area (Å²) in [4.78, 5) is 37.2. The number of allylic oxidation sites excluding steroid dienone is 10. The van der Waals surface area contributed by atoms with E-state index >= 15 is 0 Å². The summed E-state index contributed by atoms with van der Waals surface area (Å²) in [5.41, 5.74) is 0. The monoisotopic (exact) mass is 998 g/mol. The third-order valence-corrected chi connectivity index (χ3v) is 12.7. The highest BCUT2D eigenvalue weighted by atomic mass is 16.7. The molecule has 0 aromatic heterocycles. The molecular formula is C62H111NO8. The molecule has 9 nitrogen and oxygen atoms in total. The van der Waals surface area contributed by atoms with Crippen molar-refractivity contribution >= 4 is 17.9 Å². The predicted octanol–water partition coefficient (Wildman–Crippen LogP) is 15.9. The molecule has 0 bridgehead atoms. The van der Waals surface area contributed by atoms with Crippen molar-refractivity contribution in [1.82, 2.24) is 0 Å². The molecular weight excluding hydrogens is 887 g/mol. The smallest absolute Gasteiger partial charge is 0.306 e. The van der Waals surface area contributed by atoms with Crippen LogP contribution in [-0.2, 0) is 33.3 Å². The summed E-state index contributed by atoms with van der Waals surface area (Å²) in [5.74, 6) is -2.33. The highest BCUT2D eigenvalue weighted by Gasteiger charge is 2.22. The fraction of sp³-hybridized carbons (Fsp3) is 0.790. The summed E-state index contributed by atoms with van der Waals surface area (Å²) in [5, 5.41) is 11.7. The van der Waals surface area contributed by atoms with Crippen LogP contribution in [0.2, 0.25) is 0 Å². The average Bonchev–Trinajstić information content (AvgIpc) is 3.34. The molecule has 0 amide bonds. The molecule has 0 aliphatic carbocycles. The molecule has 0 radical (unpaired) electrons. The lowest BCUT2D eigenvalue weighted by Gasteiger charge is -2.26. The molecule has 9 heteroatoms. The van der Waals surface area contributed by atoms with Crippen LogP contribution in [0.5, 0.6) is 0 Å². The summed E-state index contributed by atoms with van der Waals surface area (Å²) >= 11 is 0. The number of carbonyl (C=O) groups is 3. The topological polar surface area (TPSA) is 111 Å². The van der Waals surface area contributed by atoms with Gasteiger partial charge in [0.25, 0.3) is 0 Å². The Morgan fingerprint density at radius 2 is 0.803 bits per heavy atom. The second-order valence-corrected chi connectivity index (χ2v) is 20.9. The number of carbonyl (C=O) groups excluding carboxylic acids is 3. The van der Waals surface area contributed by atoms with E-state index in [9.17, 15) is 19.5 Å². The highest BCUT2D eigenvalue weighted by molar-refractivity contribution is 5.70. The van der Waals surface area contributed by atoms with Gasteiger partial charge in [-0.1, -0.05) is 229 Å². The van der Waals surface area contributed by atoms with Crippen molar-refractivity contribution in [3.05, 3.63) is 60.8 Å². The van der Waals surface area contributed by atoms with Crippen molar-refractivity contribution in [2.75, 3.05) is 47.5 Å². The number of rotatable bonds is 54. The lowest BCUT2D eigenvalue weighted by molar-refractivity contribution is -0.870. The fourth-order valence-corrected chi connectivity index (χ4v) is 8.23. The zero-order valence-corrected chi connectivity index (χ0v) is 46.8. The third kappa shape index (κ3) is 54.6. The van der Waals surface area contributed by atoms with Crippen LogP contribution in [0.4, 0.5) is 0 Å². The minimum Gasteiger partial charge on any atom is -0.545 e. The van der Waals surface area contributed by atoms with E-state index in [1.807, 2.05) is 21.1 Å². The second kappa shape index (κ2) is 53.3. The van der Waals surface area contributed by atoms with E-state index in [2.05, 4.69) is 74.6 Å². The maximum atomic E-state index is 12.8. The summed E-state index contributed by atoms with van der Waals surface area (Å²) in [6, 6.07) is 0. The zero-order valence-electron chi connectivity index (χ0n) is 46.8. The first-order valence-electron chi connectivity index (χ1n) is 29.4. The minimum atomic E-state index is -1.63. The maximum absolute atomic E-state index is 12.8. The van der Waals surface area contributed by atoms with Gasteiger partial charge in [0.05, 0.1) is 40.3 Å². The summed E-state index contributed by atoms with van der Waals surface area (Å²) in [6.45, 7) is 4.60. The van der Waals surface area contributed by atoms with Crippen molar-refractivity contribution in [2.45, 2.75) is 270 Å². The summed E-state index contributed by atoms with van der Waals surface area (Å²) in [6.07, 6.45) is 64.4. The molecule has 2 atom stereocenters. The van der Waals surface area contributed by atoms with Gasteiger partial charge in [0.15, 0.2) is 12.4 Å². The quantitative estimate of drug-likeness (QED) is 0.0195. The number of quaternary nitrogens is 1. The first-order valence-corrected chi connectivity index (χ1v) is 29.4. The Hall–Kier alpha value is -3.01. The molecule has 0 aromatic rings. The fourth-order valence-electron chi connectivity index (χ4n) is 8.23. The zero-order chi connectivity index (χ0) is 52.0. The van der Waals surface area contributed by atoms with Crippen molar-refractivity contribution in [1.29, 1.82) is 0 Å². The van der Waals surface area contributed by atoms with E-state index in [1.54, 1.807) is 0 Å². The van der Waals surface area contributed by atoms with Crippen molar-refractivity contribution in [2.24, 2.45) is 0 Å². The Morgan fingerprint density at radius 3 is 1.24 bits per heavy atom. The third-order valence-electron chi connectivity index (χ3n) is 12.7. The summed E-state index contributed by atoms with van der Waals surface area (Å²) < 4.78 is 22.6. The van der Waals surface area contributed by atoms with E-state index in [-0.39, 0.29) is 38.6 Å². The molecule has 0 N–H and O–H groups in total. The van der Waals surface area contributed by atoms with Crippen LogP contribution >= 0.6 is 0 Å². The van der Waals surface area contributed by atoms with Gasteiger partial charge in [0.1, 0.15) is 13.2 Å². The van der Waals surface area contributed by atoms with Gasteiger partial charge in [-0.05, 0) is 77.0 Å². The normalized spacial score (nSPS) is 13.2. The van der Waals surface area contributed by atoms with Gasteiger partial charge in [0, 0.05) is 12.8 Å². The highest BCUT2D eigenvalue weighted by Crippen LogP contribution is 2.17. The molecule has 0 rings (SSSR count). The minimum absolute atomic E-state index is 0.138. The second-order valence-electron chi connectivity index (χ2n) is 20.9. The molecule has 0 aliphatic rings. The van der Waals surface area contributed by atoms with Gasteiger partial charge in [-0.2, -0.15) is 0 Å². The Bertz CT molecular complexity index is 1350. The van der Waals surface area contributed by atoms with E-state index in [4.69, 9.17) is 18.9 Å². The van der Waals surface area contributed by atoms with Gasteiger partial charge in [0.2, 0.25) is 0 Å². The Labute approximate surface area is 437 Å². The van der Waals surface area contributed by atoms with Crippen LogP contribution < -0.4 is 5.11 Å². The van der Waals surface area contributed by atoms with Crippen molar-refractivity contribution in [3.8, 4) is 0 Å². The number of aliphatic carboxylic acids is 1. The number of carboxylic acid groups (broad SMARTS) is 1. The standard InChI is InChI=1S/C62H111NO8/c1-6-8-10-12-14-16-18-20-22-23-24-25-26-27-28-29-30-31-32-33-34-35-36-37-39-40-42-44-46-48-50-52-59(64)69-56-58(57-70-62(61(66)67)68-55-54-63(3,4)5)71-60(65)53-51-49-47-45-43-41-38-21-19-17-15-13-11-9-7-2/h9,11,15,17,21,23-24,38,43,45,58,62H,6-8,10,12-14,16,18-20,22,25-37,39-42,44,46-57H2,1-5H3/b11-9-,17-15-,24-23-,38-21-,45-43-. The molecule has 0 fully saturated rings. The number of ether oxygens (including phenoxy) is 4. The largest absolute Gasteiger partial charge is 0.545 e. The van der Waals surface area contributed by atoms with Crippen molar-refractivity contribution in [3.63, 3.8) is 0 Å². The lowest BCUT2D eigenvalue weighted by atomic mass is 10.0. The number of unbranched alkanes of at least 4 members (excludes halogenated alkanes) is 29. The van der Waals surface area contributed by atoms with Gasteiger partial charge in [-0.25, -0.2) is 0 Å². The lowest BCUT2D eigenvalue weighted by Crippen LogP contribution is -2.44. The van der Waals surface area contributed by atoms with Gasteiger partial charge < -0.3 is 33.3 Å². The number of nitrogens with zero attached hydrogens (tertiary/aromatic N) is 1. The molecule has 2 unspecified atom stereocenters. The Balaban J connectivity index is 4.11. The molecule has 0 saturated carbocycles. The number of carboxylic acids is 1. The maximum Gasteiger partial charge on any atom is 0.306 e. The number of hydrogen-bond acceptors (Lipinski definition) is 8. The van der Waals surface area contributed by atoms with Crippen LogP contribution in [0.25, 0.3) is 0 Å². The molecule has 0 heterocycles. The van der Waals surface area contributed by atoms with E-state index < -0.39 is 24.3 Å². The van der Waals surface area contributed by atoms with Crippen LogP contribution in [0.15, 0.2) is 60.8 Å². The van der Waals surface area contributed by atoms with Gasteiger partial charge >= 0.3 is 11.9 Å². The molecule has 0 aliphatic heterocycles. The van der Waals surface area contributed by atoms with Crippen LogP contribution in [0.3, 0.4) is 0 Å². The van der Waals surface area contributed by atoms with E-state index in [1.165, 1.54) is 167 Å². The molecule has 412 valence electrons. The van der Waals surface area contributed by atoms with Crippen molar-refractivity contribution < 1.29 is 42.9 Å². The molecule has 71 heavy (non-hydrogen) atoms. The first kappa shape index (κ1) is 68.0. The van der Waals surface area contributed by atoms with E-state index in [0.29, 0.717) is 17.4 Å². The Kier molecular flexibility index (Phi) is 51.0. The van der Waals surface area contributed by atoms with Crippen LogP contribution in [-0.4, -0.2) is 82.3 Å². The van der Waals surface area contributed by atoms with Gasteiger partial charge in [-0.15, -0.1) is 0 Å². The first-order chi connectivity index (χ1) is 34.6. The number of esters is 2. The average molecular weight is 999 g/mol. The number of hydrogen-bond donors (Lipinski definition) is 0. The Morgan fingerprint density at radius 1 is 0.437 bits per heavy atom. The van der Waals surface area contributed by atoms with Gasteiger partial charge in [-0.3, -0.25) is 9.59 Å². The van der Waals surface area contributed by atoms with E-state index in [0.717, 1.165) is 57.8 Å². The predicted molar refractivity (Wildman–Crippen MR) is 297 cm³/mol. The van der Waals surface area contributed by atoms with Crippen LogP contribution in [0, 0.1) is 0 Å². The molecule has 0 aromatic carbocycles. The number of likely N-dealkylation sites (N-methyl/N-ethyl adjacent to an activating group) is 1. The molecule has 0 saturated heterocycles. The SMILES string of the molecule is CC/C=C\C/C=C\C/C=C\C/C=C\CCCCC(=O)OC(COC(=O)CCCCCCCCCCCCCCCCCCCCC/C=C\CCCCCCCCCC)COC(OCC[N+](C)(C)C)C(=O)[O-]. The van der Waals surface area contributed by atoms with Crippen LogP contribution in [0.1, 0.15) is 258 Å². The summed E-state index contributed by atoms with van der Waals surface area (Å²) in [7, 11) is 5.90. The molecule has 0 spiro atoms.